The summed E-state index contributed by atoms with van der Waals surface area (Å²) in [4.78, 5) is 12.8. The summed E-state index contributed by atoms with van der Waals surface area (Å²) in [5.74, 6) is -1.29. The predicted octanol–water partition coefficient (Wildman–Crippen LogP) is 3.66. The fraction of sp³-hybridized carbons (Fsp3) is 0.222. The molecule has 0 saturated carbocycles. The van der Waals surface area contributed by atoms with Gasteiger partial charge in [-0.05, 0) is 36.6 Å². The van der Waals surface area contributed by atoms with Gasteiger partial charge in [0.1, 0.15) is 0 Å². The molecule has 5 heteroatoms. The summed E-state index contributed by atoms with van der Waals surface area (Å²) in [6.07, 6.45) is 0. The lowest BCUT2D eigenvalue weighted by atomic mass is 10.0. The first-order chi connectivity index (χ1) is 10.9. The van der Waals surface area contributed by atoms with Crippen LogP contribution in [0.1, 0.15) is 31.0 Å². The van der Waals surface area contributed by atoms with E-state index in [1.807, 2.05) is 45.0 Å². The number of rotatable bonds is 2. The summed E-state index contributed by atoms with van der Waals surface area (Å²) >= 11 is 0. The van der Waals surface area contributed by atoms with Crippen LogP contribution in [0.15, 0.2) is 41.2 Å². The predicted molar refractivity (Wildman–Crippen MR) is 87.8 cm³/mol. The second-order valence-electron chi connectivity index (χ2n) is 5.89. The van der Waals surface area contributed by atoms with Gasteiger partial charge in [-0.25, -0.2) is 4.39 Å². The number of para-hydroxylation sites is 1. The Morgan fingerprint density at radius 2 is 1.87 bits per heavy atom. The van der Waals surface area contributed by atoms with Crippen molar-refractivity contribution in [2.75, 3.05) is 0 Å². The van der Waals surface area contributed by atoms with Crippen LogP contribution in [-0.4, -0.2) is 14.9 Å². The van der Waals surface area contributed by atoms with Crippen molar-refractivity contribution in [1.29, 1.82) is 0 Å². The molecule has 3 aromatic rings. The lowest BCUT2D eigenvalue weighted by Crippen LogP contribution is -2.24. The SMILES string of the molecule is Cc1ccccc1-n1nc(C(C)C)c2cc(F)c(O)cc2c1=O. The lowest BCUT2D eigenvalue weighted by Gasteiger charge is -2.15. The van der Waals surface area contributed by atoms with Gasteiger partial charge in [0, 0.05) is 5.39 Å². The first-order valence-electron chi connectivity index (χ1n) is 7.41. The Morgan fingerprint density at radius 1 is 1.17 bits per heavy atom. The van der Waals surface area contributed by atoms with Gasteiger partial charge in [0.15, 0.2) is 11.6 Å². The number of aromatic nitrogens is 2. The molecule has 0 bridgehead atoms. The maximum Gasteiger partial charge on any atom is 0.279 e. The molecule has 0 amide bonds. The van der Waals surface area contributed by atoms with Crippen LogP contribution in [0.3, 0.4) is 0 Å². The molecule has 0 atom stereocenters. The quantitative estimate of drug-likeness (QED) is 0.785. The topological polar surface area (TPSA) is 55.1 Å². The van der Waals surface area contributed by atoms with Crippen molar-refractivity contribution in [1.82, 2.24) is 9.78 Å². The van der Waals surface area contributed by atoms with Gasteiger partial charge in [-0.3, -0.25) is 4.79 Å². The monoisotopic (exact) mass is 312 g/mol. The van der Waals surface area contributed by atoms with Gasteiger partial charge in [0.25, 0.3) is 5.56 Å². The molecule has 118 valence electrons. The highest BCUT2D eigenvalue weighted by Gasteiger charge is 2.17. The highest BCUT2D eigenvalue weighted by molar-refractivity contribution is 5.85. The van der Waals surface area contributed by atoms with Crippen LogP contribution in [0.2, 0.25) is 0 Å². The number of aromatic hydroxyl groups is 1. The van der Waals surface area contributed by atoms with Gasteiger partial charge in [0.05, 0.1) is 16.8 Å². The van der Waals surface area contributed by atoms with E-state index in [-0.39, 0.29) is 16.9 Å². The van der Waals surface area contributed by atoms with E-state index in [2.05, 4.69) is 5.10 Å². The Labute approximate surface area is 132 Å². The molecule has 3 rings (SSSR count). The van der Waals surface area contributed by atoms with E-state index in [1.165, 1.54) is 16.8 Å². The van der Waals surface area contributed by atoms with E-state index in [4.69, 9.17) is 0 Å². The smallest absolute Gasteiger partial charge is 0.279 e. The number of aryl methyl sites for hydroxylation is 1. The average molecular weight is 312 g/mol. The van der Waals surface area contributed by atoms with Crippen molar-refractivity contribution < 1.29 is 9.50 Å². The molecule has 1 heterocycles. The van der Waals surface area contributed by atoms with E-state index in [1.54, 1.807) is 0 Å². The van der Waals surface area contributed by atoms with E-state index >= 15 is 0 Å². The Morgan fingerprint density at radius 3 is 2.52 bits per heavy atom. The molecule has 1 aromatic heterocycles. The number of fused-ring (bicyclic) bond motifs is 1. The molecular formula is C18H17FN2O2. The molecular weight excluding hydrogens is 295 g/mol. The van der Waals surface area contributed by atoms with Crippen LogP contribution in [0, 0.1) is 12.7 Å². The minimum absolute atomic E-state index is 0.00249. The number of halogens is 1. The number of nitrogens with zero attached hydrogens (tertiary/aromatic N) is 2. The Hall–Kier alpha value is -2.69. The lowest BCUT2D eigenvalue weighted by molar-refractivity contribution is 0.433. The third-order valence-corrected chi connectivity index (χ3v) is 3.88. The van der Waals surface area contributed by atoms with E-state index in [9.17, 15) is 14.3 Å². The molecule has 0 aliphatic carbocycles. The number of phenols is 1. The van der Waals surface area contributed by atoms with Crippen molar-refractivity contribution in [3.8, 4) is 11.4 Å². The summed E-state index contributed by atoms with van der Waals surface area (Å²) in [5.41, 5.74) is 1.81. The summed E-state index contributed by atoms with van der Waals surface area (Å²) < 4.78 is 15.0. The minimum atomic E-state index is -0.755. The van der Waals surface area contributed by atoms with Crippen molar-refractivity contribution >= 4 is 10.8 Å². The van der Waals surface area contributed by atoms with Gasteiger partial charge >= 0.3 is 0 Å². The molecule has 2 aromatic carbocycles. The number of hydrogen-bond acceptors (Lipinski definition) is 3. The number of benzene rings is 2. The fourth-order valence-corrected chi connectivity index (χ4v) is 2.66. The molecule has 0 radical (unpaired) electrons. The maximum absolute atomic E-state index is 13.7. The molecule has 1 N–H and O–H groups in total. The van der Waals surface area contributed by atoms with Crippen LogP contribution < -0.4 is 5.56 Å². The Balaban J connectivity index is 2.46. The summed E-state index contributed by atoms with van der Waals surface area (Å²) in [6, 6.07) is 9.77. The molecule has 0 fully saturated rings. The van der Waals surface area contributed by atoms with Crippen LogP contribution in [-0.2, 0) is 0 Å². The van der Waals surface area contributed by atoms with Gasteiger partial charge in [-0.15, -0.1) is 0 Å². The fourth-order valence-electron chi connectivity index (χ4n) is 2.66. The van der Waals surface area contributed by atoms with Crippen molar-refractivity contribution in [3.05, 3.63) is 63.8 Å². The van der Waals surface area contributed by atoms with E-state index < -0.39 is 11.6 Å². The summed E-state index contributed by atoms with van der Waals surface area (Å²) in [6.45, 7) is 5.75. The zero-order valence-electron chi connectivity index (χ0n) is 13.2. The van der Waals surface area contributed by atoms with Crippen LogP contribution >= 0.6 is 0 Å². The first kappa shape index (κ1) is 15.2. The maximum atomic E-state index is 13.7. The van der Waals surface area contributed by atoms with Gasteiger partial charge < -0.3 is 5.11 Å². The molecule has 0 aliphatic heterocycles. The average Bonchev–Trinajstić information content (AvgIpc) is 2.50. The number of phenolic OH excluding ortho intramolecular Hbond substituents is 1. The molecule has 0 spiro atoms. The molecule has 0 aliphatic rings. The second-order valence-corrected chi connectivity index (χ2v) is 5.89. The third kappa shape index (κ3) is 2.48. The van der Waals surface area contributed by atoms with Crippen molar-refractivity contribution in [2.24, 2.45) is 0 Å². The number of hydrogen-bond donors (Lipinski definition) is 1. The van der Waals surface area contributed by atoms with Gasteiger partial charge in [-0.1, -0.05) is 32.0 Å². The van der Waals surface area contributed by atoms with Gasteiger partial charge in [-0.2, -0.15) is 9.78 Å². The van der Waals surface area contributed by atoms with Crippen LogP contribution in [0.4, 0.5) is 4.39 Å². The molecule has 23 heavy (non-hydrogen) atoms. The highest BCUT2D eigenvalue weighted by atomic mass is 19.1. The minimum Gasteiger partial charge on any atom is -0.505 e. The normalized spacial score (nSPS) is 11.3. The van der Waals surface area contributed by atoms with Crippen LogP contribution in [0.5, 0.6) is 5.75 Å². The van der Waals surface area contributed by atoms with Gasteiger partial charge in [0.2, 0.25) is 0 Å². The summed E-state index contributed by atoms with van der Waals surface area (Å²) in [7, 11) is 0. The van der Waals surface area contributed by atoms with Crippen molar-refractivity contribution in [2.45, 2.75) is 26.7 Å². The van der Waals surface area contributed by atoms with Crippen LogP contribution in [0.25, 0.3) is 16.5 Å². The zero-order valence-corrected chi connectivity index (χ0v) is 13.2. The van der Waals surface area contributed by atoms with E-state index in [0.717, 1.165) is 5.56 Å². The second kappa shape index (κ2) is 5.50. The van der Waals surface area contributed by atoms with E-state index in [0.29, 0.717) is 16.8 Å². The standard InChI is InChI=1S/C18H17FN2O2/c1-10(2)17-12-8-14(19)16(22)9-13(12)18(23)21(20-17)15-7-5-4-6-11(15)3/h4-10,22H,1-3H3. The largest absolute Gasteiger partial charge is 0.505 e. The third-order valence-electron chi connectivity index (χ3n) is 3.88. The zero-order chi connectivity index (χ0) is 16.7. The highest BCUT2D eigenvalue weighted by Crippen LogP contribution is 2.27. The Bertz CT molecular complexity index is 961. The molecule has 4 nitrogen and oxygen atoms in total. The molecule has 0 saturated heterocycles. The summed E-state index contributed by atoms with van der Waals surface area (Å²) in [5, 5.41) is 14.8. The first-order valence-corrected chi connectivity index (χ1v) is 7.41. The molecule has 0 unspecified atom stereocenters. The van der Waals surface area contributed by atoms with Crippen molar-refractivity contribution in [3.63, 3.8) is 0 Å². The Kier molecular flexibility index (Phi) is 3.64.